The third-order valence-corrected chi connectivity index (χ3v) is 4.93. The number of ketones is 1. The Kier molecular flexibility index (Phi) is 6.92. The summed E-state index contributed by atoms with van der Waals surface area (Å²) in [7, 11) is 1.61. The van der Waals surface area contributed by atoms with Gasteiger partial charge >= 0.3 is 0 Å². The average Bonchev–Trinajstić information content (AvgIpc) is 2.86. The van der Waals surface area contributed by atoms with E-state index in [1.54, 1.807) is 34.7 Å². The first-order chi connectivity index (χ1) is 13.6. The molecule has 0 aliphatic carbocycles. The van der Waals surface area contributed by atoms with Crippen LogP contribution in [0.3, 0.4) is 0 Å². The number of aryl methyl sites for hydroxylation is 1. The normalized spacial score (nSPS) is 11.8. The van der Waals surface area contributed by atoms with Gasteiger partial charge in [0.1, 0.15) is 5.82 Å². The summed E-state index contributed by atoms with van der Waals surface area (Å²) in [6.07, 6.45) is 0.328. The number of nitrogens with zero attached hydrogens (tertiary/aromatic N) is 1. The minimum absolute atomic E-state index is 0.106. The van der Waals surface area contributed by atoms with Crippen molar-refractivity contribution >= 4 is 23.3 Å². The maximum atomic E-state index is 13.4. The van der Waals surface area contributed by atoms with Gasteiger partial charge in [-0.2, -0.15) is 0 Å². The largest absolute Gasteiger partial charge is 0.396 e. The third kappa shape index (κ3) is 4.71. The van der Waals surface area contributed by atoms with E-state index in [1.165, 1.54) is 22.8 Å². The lowest BCUT2D eigenvalue weighted by molar-refractivity contribution is -0.117. The number of nitrogens with one attached hydrogen (secondary N) is 2. The Bertz CT molecular complexity index is 965. The molecule has 0 saturated carbocycles. The van der Waals surface area contributed by atoms with Crippen LogP contribution in [-0.2, 0) is 11.8 Å². The first-order valence-corrected chi connectivity index (χ1v) is 9.27. The molecule has 156 valence electrons. The Hall–Kier alpha value is -3.00. The van der Waals surface area contributed by atoms with Gasteiger partial charge in [-0.05, 0) is 63.4 Å². The highest BCUT2D eigenvalue weighted by atomic mass is 19.1. The lowest BCUT2D eigenvalue weighted by atomic mass is 10.1. The fourth-order valence-electron chi connectivity index (χ4n) is 3.21. The van der Waals surface area contributed by atoms with Crippen molar-refractivity contribution in [2.45, 2.75) is 40.2 Å². The zero-order chi connectivity index (χ0) is 21.9. The van der Waals surface area contributed by atoms with Crippen LogP contribution in [0.25, 0.3) is 0 Å². The zero-order valence-corrected chi connectivity index (χ0v) is 17.2. The topological polar surface area (TPSA) is 100 Å². The van der Waals surface area contributed by atoms with E-state index in [2.05, 4.69) is 10.6 Å². The summed E-state index contributed by atoms with van der Waals surface area (Å²) in [6.45, 7) is 6.47. The van der Waals surface area contributed by atoms with E-state index in [0.717, 1.165) is 0 Å². The number of aromatic nitrogens is 1. The van der Waals surface area contributed by atoms with Crippen molar-refractivity contribution in [2.75, 3.05) is 11.9 Å². The highest BCUT2D eigenvalue weighted by molar-refractivity contribution is 6.43. The number of anilines is 1. The predicted molar refractivity (Wildman–Crippen MR) is 108 cm³/mol. The molecule has 0 bridgehead atoms. The summed E-state index contributed by atoms with van der Waals surface area (Å²) < 4.78 is 15.0. The molecule has 1 atom stereocenters. The van der Waals surface area contributed by atoms with E-state index < -0.39 is 17.6 Å². The number of Topliss-reactive ketones (excluding diaryl/α,β-unsaturated/α-hetero) is 1. The lowest BCUT2D eigenvalue weighted by Gasteiger charge is -2.12. The van der Waals surface area contributed by atoms with Gasteiger partial charge in [0.25, 0.3) is 17.6 Å². The van der Waals surface area contributed by atoms with Crippen molar-refractivity contribution in [3.8, 4) is 0 Å². The number of benzene rings is 1. The summed E-state index contributed by atoms with van der Waals surface area (Å²) in [4.78, 5) is 37.8. The Balaban J connectivity index is 2.31. The van der Waals surface area contributed by atoms with Crippen LogP contribution in [0.15, 0.2) is 18.2 Å². The monoisotopic (exact) mass is 403 g/mol. The third-order valence-electron chi connectivity index (χ3n) is 4.93. The molecule has 0 aliphatic heterocycles. The number of amides is 2. The summed E-state index contributed by atoms with van der Waals surface area (Å²) in [5.74, 6) is -2.37. The molecule has 2 aromatic rings. The fourth-order valence-corrected chi connectivity index (χ4v) is 3.21. The van der Waals surface area contributed by atoms with Gasteiger partial charge in [0.2, 0.25) is 0 Å². The minimum atomic E-state index is -0.796. The van der Waals surface area contributed by atoms with Gasteiger partial charge in [0.15, 0.2) is 0 Å². The van der Waals surface area contributed by atoms with Crippen LogP contribution in [0.2, 0.25) is 0 Å². The zero-order valence-electron chi connectivity index (χ0n) is 17.2. The Morgan fingerprint density at radius 3 is 2.45 bits per heavy atom. The van der Waals surface area contributed by atoms with Crippen molar-refractivity contribution in [1.29, 1.82) is 0 Å². The second-order valence-electron chi connectivity index (χ2n) is 7.13. The Morgan fingerprint density at radius 1 is 1.21 bits per heavy atom. The molecule has 0 aliphatic rings. The second-order valence-corrected chi connectivity index (χ2v) is 7.13. The molecule has 2 rings (SSSR count). The van der Waals surface area contributed by atoms with Crippen molar-refractivity contribution < 1.29 is 23.9 Å². The van der Waals surface area contributed by atoms with Gasteiger partial charge in [-0.25, -0.2) is 4.39 Å². The van der Waals surface area contributed by atoms with Crippen LogP contribution in [0.4, 0.5) is 10.1 Å². The standard InChI is InChI=1S/C21H26FN3O4/c1-11-10-15(6-7-16(11)22)24-20(28)17-13(3)18(25(5)14(17)4)19(27)21(29)23-12(2)8-9-26/h6-7,10,12,26H,8-9H2,1-5H3,(H,23,29)(H,24,28). The summed E-state index contributed by atoms with van der Waals surface area (Å²) in [5.41, 5.74) is 2.15. The van der Waals surface area contributed by atoms with Gasteiger partial charge in [-0.15, -0.1) is 0 Å². The van der Waals surface area contributed by atoms with Gasteiger partial charge in [0.05, 0.1) is 11.3 Å². The molecule has 7 nitrogen and oxygen atoms in total. The molecule has 0 spiro atoms. The first-order valence-electron chi connectivity index (χ1n) is 9.27. The van der Waals surface area contributed by atoms with E-state index in [-0.39, 0.29) is 29.7 Å². The summed E-state index contributed by atoms with van der Waals surface area (Å²) >= 11 is 0. The maximum Gasteiger partial charge on any atom is 0.294 e. The number of hydrogen-bond donors (Lipinski definition) is 3. The second kappa shape index (κ2) is 9.00. The van der Waals surface area contributed by atoms with Crippen molar-refractivity contribution in [2.24, 2.45) is 7.05 Å². The average molecular weight is 403 g/mol. The molecule has 1 aromatic heterocycles. The number of aliphatic hydroxyl groups excluding tert-OH is 1. The SMILES string of the molecule is Cc1cc(NC(=O)c2c(C)c(C(=O)C(=O)NC(C)CCO)n(C)c2C)ccc1F. The molecule has 2 amide bonds. The smallest absolute Gasteiger partial charge is 0.294 e. The summed E-state index contributed by atoms with van der Waals surface area (Å²) in [6, 6.07) is 3.88. The Labute approximate surface area is 168 Å². The van der Waals surface area contributed by atoms with E-state index in [1.807, 2.05) is 0 Å². The van der Waals surface area contributed by atoms with Crippen LogP contribution >= 0.6 is 0 Å². The fraction of sp³-hybridized carbons (Fsp3) is 0.381. The van der Waals surface area contributed by atoms with E-state index in [4.69, 9.17) is 5.11 Å². The molecule has 1 unspecified atom stereocenters. The van der Waals surface area contributed by atoms with Crippen LogP contribution < -0.4 is 10.6 Å². The van der Waals surface area contributed by atoms with Crippen LogP contribution in [0.1, 0.15) is 51.0 Å². The van der Waals surface area contributed by atoms with E-state index >= 15 is 0 Å². The number of carbonyl (C=O) groups excluding carboxylic acids is 3. The number of aliphatic hydroxyl groups is 1. The molecule has 3 N–H and O–H groups in total. The van der Waals surface area contributed by atoms with Crippen molar-refractivity contribution in [3.63, 3.8) is 0 Å². The van der Waals surface area contributed by atoms with Gasteiger partial charge < -0.3 is 20.3 Å². The molecular weight excluding hydrogens is 377 g/mol. The molecular formula is C21H26FN3O4. The molecule has 0 saturated heterocycles. The Morgan fingerprint density at radius 2 is 1.86 bits per heavy atom. The van der Waals surface area contributed by atoms with Crippen LogP contribution in [0, 0.1) is 26.6 Å². The molecule has 1 heterocycles. The number of rotatable bonds is 7. The summed E-state index contributed by atoms with van der Waals surface area (Å²) in [5, 5.41) is 14.2. The van der Waals surface area contributed by atoms with Gasteiger partial charge in [-0.1, -0.05) is 0 Å². The lowest BCUT2D eigenvalue weighted by Crippen LogP contribution is -2.39. The minimum Gasteiger partial charge on any atom is -0.396 e. The van der Waals surface area contributed by atoms with Crippen LogP contribution in [-0.4, -0.2) is 39.9 Å². The first kappa shape index (κ1) is 22.3. The molecule has 0 radical (unpaired) electrons. The van der Waals surface area contributed by atoms with Gasteiger partial charge in [0, 0.05) is 31.1 Å². The van der Waals surface area contributed by atoms with Crippen LogP contribution in [0.5, 0.6) is 0 Å². The number of carbonyl (C=O) groups is 3. The predicted octanol–water partition coefficient (Wildman–Crippen LogP) is 2.41. The quantitative estimate of drug-likeness (QED) is 0.488. The van der Waals surface area contributed by atoms with Crippen molar-refractivity contribution in [1.82, 2.24) is 9.88 Å². The molecule has 1 aromatic carbocycles. The van der Waals surface area contributed by atoms with Gasteiger partial charge in [-0.3, -0.25) is 14.4 Å². The molecule has 29 heavy (non-hydrogen) atoms. The highest BCUT2D eigenvalue weighted by Crippen LogP contribution is 2.24. The van der Waals surface area contributed by atoms with Crippen molar-refractivity contribution in [3.05, 3.63) is 52.1 Å². The molecule has 0 fully saturated rings. The van der Waals surface area contributed by atoms with E-state index in [9.17, 15) is 18.8 Å². The van der Waals surface area contributed by atoms with E-state index in [0.29, 0.717) is 28.9 Å². The highest BCUT2D eigenvalue weighted by Gasteiger charge is 2.29. The molecule has 8 heteroatoms. The maximum absolute atomic E-state index is 13.4. The number of halogens is 1. The number of hydrogen-bond acceptors (Lipinski definition) is 4.